The predicted octanol–water partition coefficient (Wildman–Crippen LogP) is 4.28. The molecule has 3 aliphatic rings. The van der Waals surface area contributed by atoms with E-state index < -0.39 is 0 Å². The zero-order valence-electron chi connectivity index (χ0n) is 13.1. The molecule has 5 rings (SSSR count). The lowest BCUT2D eigenvalue weighted by Gasteiger charge is -2.28. The first kappa shape index (κ1) is 13.0. The topological polar surface area (TPSA) is 28.4 Å². The minimum absolute atomic E-state index is 0.342. The Kier molecular flexibility index (Phi) is 2.55. The molecule has 0 aliphatic heterocycles. The average Bonchev–Trinajstić information content (AvgIpc) is 2.59. The fourth-order valence-electron chi connectivity index (χ4n) is 4.36. The van der Waals surface area contributed by atoms with Gasteiger partial charge in [0.2, 0.25) is 0 Å². The molecule has 0 fully saturated rings. The first-order chi connectivity index (χ1) is 11.3. The third kappa shape index (κ3) is 1.64. The second-order valence-electron chi connectivity index (χ2n) is 6.54. The summed E-state index contributed by atoms with van der Waals surface area (Å²) in [6.45, 7) is 0. The van der Waals surface area contributed by atoms with Crippen molar-refractivity contribution in [2.24, 2.45) is 0 Å². The summed E-state index contributed by atoms with van der Waals surface area (Å²) in [6, 6.07) is 8.71. The summed E-state index contributed by atoms with van der Waals surface area (Å²) in [7, 11) is 1.72. The van der Waals surface area contributed by atoms with Crippen molar-refractivity contribution < 1.29 is 9.22 Å². The van der Waals surface area contributed by atoms with Crippen molar-refractivity contribution in [2.45, 2.75) is 25.7 Å². The molecular weight excluding hydrogens is 284 g/mol. The van der Waals surface area contributed by atoms with E-state index in [1.54, 1.807) is 7.11 Å². The first-order valence-corrected chi connectivity index (χ1v) is 8.21. The molecule has 0 radical (unpaired) electrons. The Bertz CT molecular complexity index is 987. The Labute approximate surface area is 134 Å². The molecule has 0 aromatic heterocycles. The van der Waals surface area contributed by atoms with Crippen LogP contribution >= 0.6 is 0 Å². The van der Waals surface area contributed by atoms with Crippen LogP contribution in [0.15, 0.2) is 35.9 Å². The summed E-state index contributed by atoms with van der Waals surface area (Å²) >= 11 is 0. The normalized spacial score (nSPS) is 20.4. The van der Waals surface area contributed by atoms with Gasteiger partial charge < -0.3 is 0 Å². The van der Waals surface area contributed by atoms with Crippen molar-refractivity contribution in [3.63, 3.8) is 0 Å². The summed E-state index contributed by atoms with van der Waals surface area (Å²) in [5, 5.41) is 2.61. The number of carbonyl (C=O) groups is 1. The Hall–Kier alpha value is -2.48. The molecule has 0 amide bonds. The molecule has 0 unspecified atom stereocenters. The Morgan fingerprint density at radius 3 is 2.65 bits per heavy atom. The number of rotatable bonds is 0. The van der Waals surface area contributed by atoms with E-state index in [0.717, 1.165) is 36.2 Å². The third-order valence-corrected chi connectivity index (χ3v) is 5.40. The van der Waals surface area contributed by atoms with Crippen LogP contribution in [0.4, 0.5) is 0 Å². The Morgan fingerprint density at radius 1 is 0.913 bits per heavy atom. The van der Waals surface area contributed by atoms with Gasteiger partial charge in [0, 0.05) is 29.9 Å². The number of fused-ring (bicyclic) bond motifs is 1. The standard InChI is InChI=1S/C21H17O2/c1-23-19-10-7-12-5-8-15-14-3-2-4-18(22)17(14)11-13-6-9-16(19)20(12)21(13)15/h5-10H,2-4,11H2,1H3/q+1. The number of carbonyl (C=O) groups excluding carboxylic acids is 2. The lowest BCUT2D eigenvalue weighted by atomic mass is 9.75. The molecule has 2 heteroatoms. The Balaban J connectivity index is 1.92. The van der Waals surface area contributed by atoms with Crippen LogP contribution in [0, 0.1) is 0 Å². The van der Waals surface area contributed by atoms with Gasteiger partial charge in [0.05, 0.1) is 5.56 Å². The predicted molar refractivity (Wildman–Crippen MR) is 92.7 cm³/mol. The van der Waals surface area contributed by atoms with E-state index in [1.165, 1.54) is 33.0 Å². The highest BCUT2D eigenvalue weighted by Crippen LogP contribution is 2.44. The maximum atomic E-state index is 12.4. The molecule has 0 spiro atoms. The van der Waals surface area contributed by atoms with Gasteiger partial charge in [-0.25, -0.2) is 0 Å². The number of benzene rings is 2. The molecule has 0 bridgehead atoms. The maximum Gasteiger partial charge on any atom is 0.350 e. The van der Waals surface area contributed by atoms with E-state index in [0.29, 0.717) is 12.2 Å². The SMILES string of the molecule is C[O+]=C1C=Cc2ccc3c4c(ccc1c24)CC1=C3CCCC1=O. The van der Waals surface area contributed by atoms with Crippen molar-refractivity contribution in [1.29, 1.82) is 0 Å². The average molecular weight is 301 g/mol. The molecule has 0 heterocycles. The van der Waals surface area contributed by atoms with E-state index in [9.17, 15) is 4.79 Å². The van der Waals surface area contributed by atoms with Gasteiger partial charge >= 0.3 is 5.78 Å². The fraction of sp³-hybridized carbons (Fsp3) is 0.238. The van der Waals surface area contributed by atoms with E-state index in [-0.39, 0.29) is 0 Å². The molecule has 3 aliphatic carbocycles. The van der Waals surface area contributed by atoms with Crippen molar-refractivity contribution in [2.75, 3.05) is 7.11 Å². The Morgan fingerprint density at radius 2 is 1.78 bits per heavy atom. The molecule has 0 N–H and O–H groups in total. The van der Waals surface area contributed by atoms with Gasteiger partial charge in [-0.2, -0.15) is 0 Å². The highest BCUT2D eigenvalue weighted by Gasteiger charge is 2.31. The monoisotopic (exact) mass is 301 g/mol. The summed E-state index contributed by atoms with van der Waals surface area (Å²) in [5.74, 6) is 1.26. The maximum absolute atomic E-state index is 12.4. The number of allylic oxidation sites excluding steroid dienone is 3. The van der Waals surface area contributed by atoms with Crippen LogP contribution in [0.3, 0.4) is 0 Å². The third-order valence-electron chi connectivity index (χ3n) is 5.40. The van der Waals surface area contributed by atoms with Gasteiger partial charge in [-0.15, -0.1) is 0 Å². The minimum Gasteiger partial charge on any atom is -0.295 e. The van der Waals surface area contributed by atoms with Crippen molar-refractivity contribution in [1.82, 2.24) is 0 Å². The van der Waals surface area contributed by atoms with Gasteiger partial charge in [-0.3, -0.25) is 9.22 Å². The van der Waals surface area contributed by atoms with Crippen LogP contribution in [-0.2, 0) is 11.2 Å². The number of ketones is 2. The zero-order valence-corrected chi connectivity index (χ0v) is 13.1. The van der Waals surface area contributed by atoms with Crippen LogP contribution in [-0.4, -0.2) is 18.7 Å². The van der Waals surface area contributed by atoms with E-state index in [2.05, 4.69) is 30.3 Å². The summed E-state index contributed by atoms with van der Waals surface area (Å²) in [6.07, 6.45) is 7.66. The fourth-order valence-corrected chi connectivity index (χ4v) is 4.36. The number of Topliss-reactive ketones (excluding diaryl/α,β-unsaturated/α-hetero) is 1. The molecule has 112 valence electrons. The van der Waals surface area contributed by atoms with Crippen LogP contribution in [0.2, 0.25) is 0 Å². The van der Waals surface area contributed by atoms with Gasteiger partial charge in [-0.1, -0.05) is 18.2 Å². The summed E-state index contributed by atoms with van der Waals surface area (Å²) in [4.78, 5) is 12.4. The lowest BCUT2D eigenvalue weighted by Crippen LogP contribution is -2.18. The first-order valence-electron chi connectivity index (χ1n) is 8.21. The van der Waals surface area contributed by atoms with Crippen LogP contribution < -0.4 is 0 Å². The van der Waals surface area contributed by atoms with Crippen molar-refractivity contribution >= 4 is 34.0 Å². The quantitative estimate of drug-likeness (QED) is 0.668. The molecule has 2 aromatic carbocycles. The van der Waals surface area contributed by atoms with Crippen molar-refractivity contribution in [3.05, 3.63) is 58.2 Å². The second-order valence-corrected chi connectivity index (χ2v) is 6.54. The second kappa shape index (κ2) is 4.51. The minimum atomic E-state index is 0.342. The zero-order chi connectivity index (χ0) is 15.6. The highest BCUT2D eigenvalue weighted by molar-refractivity contribution is 6.23. The molecular formula is C21H17O2+. The molecule has 2 aromatic rings. The number of hydrogen-bond acceptors (Lipinski definition) is 1. The summed E-state index contributed by atoms with van der Waals surface area (Å²) in [5.41, 5.74) is 7.28. The van der Waals surface area contributed by atoms with Crippen LogP contribution in [0.25, 0.3) is 22.4 Å². The molecule has 23 heavy (non-hydrogen) atoms. The molecule has 0 saturated carbocycles. The molecule has 2 nitrogen and oxygen atoms in total. The summed E-state index contributed by atoms with van der Waals surface area (Å²) < 4.78 is 5.56. The van der Waals surface area contributed by atoms with E-state index in [4.69, 9.17) is 4.42 Å². The van der Waals surface area contributed by atoms with Crippen molar-refractivity contribution in [3.8, 4) is 0 Å². The van der Waals surface area contributed by atoms with Gasteiger partial charge in [-0.05, 0) is 52.6 Å². The smallest absolute Gasteiger partial charge is 0.295 e. The molecule has 0 saturated heterocycles. The lowest BCUT2D eigenvalue weighted by molar-refractivity contribution is -0.222. The number of hydrogen-bond donors (Lipinski definition) is 0. The van der Waals surface area contributed by atoms with Gasteiger partial charge in [0.25, 0.3) is 7.11 Å². The van der Waals surface area contributed by atoms with Crippen LogP contribution in [0.5, 0.6) is 0 Å². The van der Waals surface area contributed by atoms with Gasteiger partial charge in [0.15, 0.2) is 5.78 Å². The van der Waals surface area contributed by atoms with Gasteiger partial charge in [0.1, 0.15) is 0 Å². The molecule has 0 atom stereocenters. The largest absolute Gasteiger partial charge is 0.350 e. The highest BCUT2D eigenvalue weighted by atomic mass is 16.4. The van der Waals surface area contributed by atoms with E-state index in [1.807, 2.05) is 6.08 Å². The van der Waals surface area contributed by atoms with E-state index >= 15 is 0 Å². The van der Waals surface area contributed by atoms with Crippen LogP contribution in [0.1, 0.15) is 45.9 Å².